The van der Waals surface area contributed by atoms with Crippen LogP contribution in [0.2, 0.25) is 5.02 Å². The SMILES string of the molecule is CCC(Oc1ccc(Cl)c(C)c1)C(=O)Nc1ccccc1C(=O)N1CCCCC1. The molecule has 1 atom stereocenters. The molecular formula is C23H27ClN2O3. The fourth-order valence-corrected chi connectivity index (χ4v) is 3.55. The number of para-hydroxylation sites is 1. The van der Waals surface area contributed by atoms with E-state index in [1.165, 1.54) is 0 Å². The van der Waals surface area contributed by atoms with Crippen LogP contribution in [0.15, 0.2) is 42.5 Å². The van der Waals surface area contributed by atoms with Gasteiger partial charge >= 0.3 is 0 Å². The zero-order valence-corrected chi connectivity index (χ0v) is 17.7. The molecule has 0 saturated carbocycles. The number of hydrogen-bond donors (Lipinski definition) is 1. The monoisotopic (exact) mass is 414 g/mol. The summed E-state index contributed by atoms with van der Waals surface area (Å²) in [6.07, 6.45) is 3.02. The molecule has 2 aromatic rings. The van der Waals surface area contributed by atoms with Crippen molar-refractivity contribution in [2.75, 3.05) is 18.4 Å². The number of nitrogens with one attached hydrogen (secondary N) is 1. The topological polar surface area (TPSA) is 58.6 Å². The van der Waals surface area contributed by atoms with Crippen LogP contribution in [0, 0.1) is 6.92 Å². The number of carbonyl (C=O) groups is 2. The van der Waals surface area contributed by atoms with Gasteiger partial charge in [-0.25, -0.2) is 0 Å². The highest BCUT2D eigenvalue weighted by Gasteiger charge is 2.24. The molecule has 5 nitrogen and oxygen atoms in total. The Hall–Kier alpha value is -2.53. The van der Waals surface area contributed by atoms with Gasteiger partial charge in [0.25, 0.3) is 11.8 Å². The van der Waals surface area contributed by atoms with Gasteiger partial charge in [-0.2, -0.15) is 0 Å². The van der Waals surface area contributed by atoms with Gasteiger partial charge in [0.15, 0.2) is 6.10 Å². The first-order valence-electron chi connectivity index (χ1n) is 10.1. The van der Waals surface area contributed by atoms with E-state index < -0.39 is 6.10 Å². The summed E-state index contributed by atoms with van der Waals surface area (Å²) in [4.78, 5) is 27.7. The summed E-state index contributed by atoms with van der Waals surface area (Å²) in [5, 5.41) is 3.54. The predicted molar refractivity (Wildman–Crippen MR) is 116 cm³/mol. The van der Waals surface area contributed by atoms with Crippen molar-refractivity contribution in [3.63, 3.8) is 0 Å². The van der Waals surface area contributed by atoms with Crippen molar-refractivity contribution in [1.82, 2.24) is 4.90 Å². The third-order valence-corrected chi connectivity index (χ3v) is 5.55. The quantitative estimate of drug-likeness (QED) is 0.717. The van der Waals surface area contributed by atoms with Crippen LogP contribution in [0.3, 0.4) is 0 Å². The van der Waals surface area contributed by atoms with Crippen LogP contribution in [0.25, 0.3) is 0 Å². The summed E-state index contributed by atoms with van der Waals surface area (Å²) in [6, 6.07) is 12.5. The average molecular weight is 415 g/mol. The summed E-state index contributed by atoms with van der Waals surface area (Å²) >= 11 is 6.06. The van der Waals surface area contributed by atoms with E-state index in [9.17, 15) is 9.59 Å². The third-order valence-electron chi connectivity index (χ3n) is 5.13. The molecule has 1 saturated heterocycles. The first-order valence-corrected chi connectivity index (χ1v) is 10.5. The lowest BCUT2D eigenvalue weighted by Gasteiger charge is -2.27. The minimum absolute atomic E-state index is 0.0390. The second-order valence-corrected chi connectivity index (χ2v) is 7.72. The van der Waals surface area contributed by atoms with Gasteiger partial charge in [-0.15, -0.1) is 0 Å². The van der Waals surface area contributed by atoms with E-state index >= 15 is 0 Å². The fraction of sp³-hybridized carbons (Fsp3) is 0.391. The Morgan fingerprint density at radius 2 is 1.86 bits per heavy atom. The number of ether oxygens (including phenoxy) is 1. The molecule has 0 radical (unpaired) electrons. The number of halogens is 1. The van der Waals surface area contributed by atoms with Gasteiger partial charge in [-0.1, -0.05) is 30.7 Å². The number of aryl methyl sites for hydroxylation is 1. The largest absolute Gasteiger partial charge is 0.481 e. The highest BCUT2D eigenvalue weighted by atomic mass is 35.5. The number of carbonyl (C=O) groups excluding carboxylic acids is 2. The van der Waals surface area contributed by atoms with Crippen molar-refractivity contribution in [2.24, 2.45) is 0 Å². The number of piperidine rings is 1. The average Bonchev–Trinajstić information content (AvgIpc) is 2.75. The van der Waals surface area contributed by atoms with E-state index in [0.717, 1.165) is 37.9 Å². The van der Waals surface area contributed by atoms with E-state index in [2.05, 4.69) is 5.32 Å². The second-order valence-electron chi connectivity index (χ2n) is 7.31. The van der Waals surface area contributed by atoms with Crippen LogP contribution < -0.4 is 10.1 Å². The van der Waals surface area contributed by atoms with Crippen LogP contribution in [-0.2, 0) is 4.79 Å². The Balaban J connectivity index is 1.73. The van der Waals surface area contributed by atoms with Gasteiger partial charge in [0.05, 0.1) is 11.3 Å². The van der Waals surface area contributed by atoms with Crippen molar-refractivity contribution in [2.45, 2.75) is 45.6 Å². The van der Waals surface area contributed by atoms with Crippen LogP contribution in [0.1, 0.15) is 48.5 Å². The van der Waals surface area contributed by atoms with Gasteiger partial charge < -0.3 is 15.0 Å². The summed E-state index contributed by atoms with van der Waals surface area (Å²) < 4.78 is 5.88. The molecule has 1 aliphatic heterocycles. The minimum atomic E-state index is -0.672. The maximum absolute atomic E-state index is 12.9. The molecule has 0 spiro atoms. The third kappa shape index (κ3) is 5.30. The van der Waals surface area contributed by atoms with E-state index in [4.69, 9.17) is 16.3 Å². The zero-order valence-electron chi connectivity index (χ0n) is 16.9. The fourth-order valence-electron chi connectivity index (χ4n) is 3.44. The van der Waals surface area contributed by atoms with Gasteiger partial charge in [0.1, 0.15) is 5.75 Å². The molecular weight excluding hydrogens is 388 g/mol. The van der Waals surface area contributed by atoms with Crippen LogP contribution in [-0.4, -0.2) is 35.9 Å². The molecule has 2 aromatic carbocycles. The lowest BCUT2D eigenvalue weighted by molar-refractivity contribution is -0.122. The number of nitrogens with zero attached hydrogens (tertiary/aromatic N) is 1. The smallest absolute Gasteiger partial charge is 0.265 e. The summed E-state index contributed by atoms with van der Waals surface area (Å²) in [5.41, 5.74) is 1.92. The number of likely N-dealkylation sites (tertiary alicyclic amines) is 1. The number of hydrogen-bond acceptors (Lipinski definition) is 3. The molecule has 6 heteroatoms. The molecule has 1 heterocycles. The Labute approximate surface area is 177 Å². The predicted octanol–water partition coefficient (Wildman–Crippen LogP) is 5.07. The van der Waals surface area contributed by atoms with Crippen molar-refractivity contribution >= 4 is 29.1 Å². The van der Waals surface area contributed by atoms with Crippen LogP contribution in [0.5, 0.6) is 5.75 Å². The maximum atomic E-state index is 12.9. The van der Waals surface area contributed by atoms with Crippen molar-refractivity contribution < 1.29 is 14.3 Å². The van der Waals surface area contributed by atoms with Gasteiger partial charge in [-0.3, -0.25) is 9.59 Å². The van der Waals surface area contributed by atoms with Crippen LogP contribution >= 0.6 is 11.6 Å². The first kappa shape index (κ1) is 21.2. The maximum Gasteiger partial charge on any atom is 0.265 e. The molecule has 2 amide bonds. The summed E-state index contributed by atoms with van der Waals surface area (Å²) in [7, 11) is 0. The molecule has 29 heavy (non-hydrogen) atoms. The van der Waals surface area contributed by atoms with E-state index in [0.29, 0.717) is 28.4 Å². The molecule has 1 N–H and O–H groups in total. The zero-order chi connectivity index (χ0) is 20.8. The molecule has 1 unspecified atom stereocenters. The van der Waals surface area contributed by atoms with E-state index in [1.54, 1.807) is 24.3 Å². The molecule has 3 rings (SSSR count). The molecule has 1 aliphatic rings. The van der Waals surface area contributed by atoms with Gasteiger partial charge in [0, 0.05) is 18.1 Å². The van der Waals surface area contributed by atoms with E-state index in [1.807, 2.05) is 36.9 Å². The van der Waals surface area contributed by atoms with Crippen molar-refractivity contribution in [3.8, 4) is 5.75 Å². The summed E-state index contributed by atoms with van der Waals surface area (Å²) in [6.45, 7) is 5.30. The molecule has 154 valence electrons. The number of amides is 2. The minimum Gasteiger partial charge on any atom is -0.481 e. The molecule has 0 bridgehead atoms. The lowest BCUT2D eigenvalue weighted by Crippen LogP contribution is -2.37. The molecule has 1 fully saturated rings. The normalized spacial score (nSPS) is 14.9. The Morgan fingerprint density at radius 3 is 2.55 bits per heavy atom. The number of benzene rings is 2. The van der Waals surface area contributed by atoms with Crippen molar-refractivity contribution in [1.29, 1.82) is 0 Å². The van der Waals surface area contributed by atoms with Crippen LogP contribution in [0.4, 0.5) is 5.69 Å². The highest BCUT2D eigenvalue weighted by Crippen LogP contribution is 2.24. The van der Waals surface area contributed by atoms with E-state index in [-0.39, 0.29) is 11.8 Å². The van der Waals surface area contributed by atoms with Gasteiger partial charge in [0.2, 0.25) is 0 Å². The van der Waals surface area contributed by atoms with Gasteiger partial charge in [-0.05, 0) is 68.5 Å². The second kappa shape index (κ2) is 9.79. The molecule has 0 aliphatic carbocycles. The Kier molecular flexibility index (Phi) is 7.15. The number of rotatable bonds is 6. The highest BCUT2D eigenvalue weighted by molar-refractivity contribution is 6.31. The van der Waals surface area contributed by atoms with Crippen molar-refractivity contribution in [3.05, 3.63) is 58.6 Å². The Morgan fingerprint density at radius 1 is 1.14 bits per heavy atom. The lowest BCUT2D eigenvalue weighted by atomic mass is 10.1. The standard InChI is InChI=1S/C23H27ClN2O3/c1-3-21(29-17-11-12-19(24)16(2)15-17)22(27)25-20-10-6-5-9-18(20)23(28)26-13-7-4-8-14-26/h5-6,9-12,15,21H,3-4,7-8,13-14H2,1-2H3,(H,25,27). The number of anilines is 1. The first-order chi connectivity index (χ1) is 14.0. The molecule has 0 aromatic heterocycles. The Bertz CT molecular complexity index is 878. The summed E-state index contributed by atoms with van der Waals surface area (Å²) in [5.74, 6) is 0.272.